The van der Waals surface area contributed by atoms with Crippen LogP contribution in [0.5, 0.6) is 0 Å². The van der Waals surface area contributed by atoms with E-state index in [1.54, 1.807) is 0 Å². The van der Waals surface area contributed by atoms with Gasteiger partial charge in [-0.15, -0.1) is 0 Å². The van der Waals surface area contributed by atoms with Crippen LogP contribution in [0.15, 0.2) is 0 Å². The first-order valence-corrected chi connectivity index (χ1v) is 5.50. The van der Waals surface area contributed by atoms with Crippen LogP contribution in [0.25, 0.3) is 0 Å². The van der Waals surface area contributed by atoms with Gasteiger partial charge in [0.2, 0.25) is 0 Å². The van der Waals surface area contributed by atoms with Crippen LogP contribution >= 0.6 is 0 Å². The average molecular weight is 186 g/mol. The van der Waals surface area contributed by atoms with Crippen molar-refractivity contribution < 1.29 is 0 Å². The zero-order chi connectivity index (χ0) is 10.3. The minimum Gasteiger partial charge on any atom is -0.319 e. The van der Waals surface area contributed by atoms with Gasteiger partial charge in [-0.3, -0.25) is 0 Å². The first-order chi connectivity index (χ1) is 6.15. The van der Waals surface area contributed by atoms with Crippen LogP contribution in [0.2, 0.25) is 0 Å². The number of hydrogen-bond acceptors (Lipinski definition) is 2. The van der Waals surface area contributed by atoms with Crippen molar-refractivity contribution in [3.05, 3.63) is 0 Å². The molecule has 1 unspecified atom stereocenters. The Bertz CT molecular complexity index is 111. The summed E-state index contributed by atoms with van der Waals surface area (Å²) in [5.41, 5.74) is 0. The van der Waals surface area contributed by atoms with E-state index in [1.165, 1.54) is 19.4 Å². The highest BCUT2D eigenvalue weighted by Crippen LogP contribution is 2.08. The highest BCUT2D eigenvalue weighted by atomic mass is 15.1. The summed E-state index contributed by atoms with van der Waals surface area (Å²) in [5, 5.41) is 3.22. The minimum absolute atomic E-state index is 0.746. The maximum Gasteiger partial charge on any atom is 0.00870 e. The largest absolute Gasteiger partial charge is 0.319 e. The highest BCUT2D eigenvalue weighted by molar-refractivity contribution is 4.68. The Labute approximate surface area is 83.7 Å². The number of nitrogens with zero attached hydrogens (tertiary/aromatic N) is 1. The Balaban J connectivity index is 3.75. The number of nitrogens with one attached hydrogen (secondary N) is 1. The lowest BCUT2D eigenvalue weighted by molar-refractivity contribution is 0.200. The predicted octanol–water partition coefficient (Wildman–Crippen LogP) is 1.96. The molecule has 0 aliphatic carbocycles. The van der Waals surface area contributed by atoms with Crippen LogP contribution in [0.3, 0.4) is 0 Å². The summed E-state index contributed by atoms with van der Waals surface area (Å²) in [7, 11) is 4.26. The third-order valence-electron chi connectivity index (χ3n) is 2.72. The zero-order valence-corrected chi connectivity index (χ0v) is 9.93. The van der Waals surface area contributed by atoms with E-state index < -0.39 is 0 Å². The van der Waals surface area contributed by atoms with Crippen molar-refractivity contribution in [1.82, 2.24) is 10.2 Å². The maximum absolute atomic E-state index is 3.22. The van der Waals surface area contributed by atoms with E-state index in [0.717, 1.165) is 18.5 Å². The standard InChI is InChI=1S/C11H26N2/c1-6-11(7-2)13(5)9-10(3)8-12-4/h10-12H,6-9H2,1-5H3. The van der Waals surface area contributed by atoms with Crippen molar-refractivity contribution in [1.29, 1.82) is 0 Å². The normalized spacial score (nSPS) is 14.1. The summed E-state index contributed by atoms with van der Waals surface area (Å²) < 4.78 is 0. The Kier molecular flexibility index (Phi) is 7.29. The molecule has 2 nitrogen and oxygen atoms in total. The Morgan fingerprint density at radius 2 is 1.77 bits per heavy atom. The lowest BCUT2D eigenvalue weighted by Crippen LogP contribution is -2.36. The molecule has 0 aliphatic heterocycles. The highest BCUT2D eigenvalue weighted by Gasteiger charge is 2.12. The first-order valence-electron chi connectivity index (χ1n) is 5.50. The molecule has 2 heteroatoms. The SMILES string of the molecule is CCC(CC)N(C)CC(C)CNC. The quantitative estimate of drug-likeness (QED) is 0.654. The van der Waals surface area contributed by atoms with Crippen molar-refractivity contribution in [3.63, 3.8) is 0 Å². The fourth-order valence-corrected chi connectivity index (χ4v) is 1.97. The molecule has 1 atom stereocenters. The van der Waals surface area contributed by atoms with Crippen LogP contribution in [0.4, 0.5) is 0 Å². The van der Waals surface area contributed by atoms with Crippen LogP contribution < -0.4 is 5.32 Å². The van der Waals surface area contributed by atoms with Crippen LogP contribution in [0, 0.1) is 5.92 Å². The third-order valence-corrected chi connectivity index (χ3v) is 2.72. The fourth-order valence-electron chi connectivity index (χ4n) is 1.97. The molecule has 0 aromatic heterocycles. The summed E-state index contributed by atoms with van der Waals surface area (Å²) in [5.74, 6) is 0.746. The van der Waals surface area contributed by atoms with Crippen LogP contribution in [-0.4, -0.2) is 38.1 Å². The predicted molar refractivity (Wildman–Crippen MR) is 60.1 cm³/mol. The Hall–Kier alpha value is -0.0800. The Morgan fingerprint density at radius 3 is 2.15 bits per heavy atom. The monoisotopic (exact) mass is 186 g/mol. The molecule has 0 fully saturated rings. The van der Waals surface area contributed by atoms with Crippen molar-refractivity contribution in [2.75, 3.05) is 27.2 Å². The van der Waals surface area contributed by atoms with Crippen molar-refractivity contribution in [2.24, 2.45) is 5.92 Å². The second-order valence-corrected chi connectivity index (χ2v) is 4.07. The fraction of sp³-hybridized carbons (Fsp3) is 1.00. The van der Waals surface area contributed by atoms with Gasteiger partial charge in [-0.2, -0.15) is 0 Å². The summed E-state index contributed by atoms with van der Waals surface area (Å²) in [6.45, 7) is 9.16. The third kappa shape index (κ3) is 5.27. The van der Waals surface area contributed by atoms with E-state index >= 15 is 0 Å². The summed E-state index contributed by atoms with van der Waals surface area (Å²) >= 11 is 0. The van der Waals surface area contributed by atoms with Gasteiger partial charge in [0.05, 0.1) is 0 Å². The van der Waals surface area contributed by atoms with Gasteiger partial charge in [-0.25, -0.2) is 0 Å². The molecular formula is C11H26N2. The average Bonchev–Trinajstić information content (AvgIpc) is 2.06. The number of rotatable bonds is 7. The maximum atomic E-state index is 3.22. The van der Waals surface area contributed by atoms with Gasteiger partial charge >= 0.3 is 0 Å². The molecule has 0 amide bonds. The van der Waals surface area contributed by atoms with Crippen LogP contribution in [0.1, 0.15) is 33.6 Å². The lowest BCUT2D eigenvalue weighted by Gasteiger charge is -2.28. The summed E-state index contributed by atoms with van der Waals surface area (Å²) in [6.07, 6.45) is 2.53. The van der Waals surface area contributed by atoms with E-state index in [0.29, 0.717) is 0 Å². The molecule has 13 heavy (non-hydrogen) atoms. The van der Waals surface area contributed by atoms with Crippen molar-refractivity contribution in [3.8, 4) is 0 Å². The molecule has 1 N–H and O–H groups in total. The van der Waals surface area contributed by atoms with Gasteiger partial charge in [-0.05, 0) is 39.4 Å². The molecular weight excluding hydrogens is 160 g/mol. The van der Waals surface area contributed by atoms with Gasteiger partial charge in [-0.1, -0.05) is 20.8 Å². The first kappa shape index (κ1) is 12.9. The van der Waals surface area contributed by atoms with E-state index in [-0.39, 0.29) is 0 Å². The molecule has 0 bridgehead atoms. The van der Waals surface area contributed by atoms with Crippen LogP contribution in [-0.2, 0) is 0 Å². The molecule has 0 aliphatic rings. The van der Waals surface area contributed by atoms with Gasteiger partial charge in [0.1, 0.15) is 0 Å². The minimum atomic E-state index is 0.746. The molecule has 0 rings (SSSR count). The molecule has 0 aromatic carbocycles. The molecule has 0 heterocycles. The van der Waals surface area contributed by atoms with Gasteiger partial charge in [0.15, 0.2) is 0 Å². The molecule has 0 saturated carbocycles. The van der Waals surface area contributed by atoms with Gasteiger partial charge < -0.3 is 10.2 Å². The lowest BCUT2D eigenvalue weighted by atomic mass is 10.1. The molecule has 80 valence electrons. The van der Waals surface area contributed by atoms with E-state index in [2.05, 4.69) is 38.0 Å². The molecule has 0 radical (unpaired) electrons. The summed E-state index contributed by atoms with van der Waals surface area (Å²) in [4.78, 5) is 2.49. The molecule has 0 spiro atoms. The van der Waals surface area contributed by atoms with E-state index in [1.807, 2.05) is 7.05 Å². The smallest absolute Gasteiger partial charge is 0.00870 e. The second kappa shape index (κ2) is 7.34. The molecule has 0 saturated heterocycles. The van der Waals surface area contributed by atoms with E-state index in [9.17, 15) is 0 Å². The Morgan fingerprint density at radius 1 is 1.23 bits per heavy atom. The second-order valence-electron chi connectivity index (χ2n) is 4.07. The topological polar surface area (TPSA) is 15.3 Å². The van der Waals surface area contributed by atoms with Gasteiger partial charge in [0, 0.05) is 12.6 Å². The molecule has 0 aromatic rings. The zero-order valence-electron chi connectivity index (χ0n) is 9.93. The van der Waals surface area contributed by atoms with Crippen molar-refractivity contribution >= 4 is 0 Å². The van der Waals surface area contributed by atoms with E-state index in [4.69, 9.17) is 0 Å². The van der Waals surface area contributed by atoms with Crippen molar-refractivity contribution in [2.45, 2.75) is 39.7 Å². The number of hydrogen-bond donors (Lipinski definition) is 1. The van der Waals surface area contributed by atoms with Gasteiger partial charge in [0.25, 0.3) is 0 Å². The summed E-state index contributed by atoms with van der Waals surface area (Å²) in [6, 6.07) is 0.763.